The average Bonchev–Trinajstić information content (AvgIpc) is 2.26. The summed E-state index contributed by atoms with van der Waals surface area (Å²) in [5.41, 5.74) is 1.30. The fourth-order valence-corrected chi connectivity index (χ4v) is 1.29. The van der Waals surface area contributed by atoms with Gasteiger partial charge < -0.3 is 4.84 Å². The number of nitrogens with zero attached hydrogens (tertiary/aromatic N) is 1. The van der Waals surface area contributed by atoms with E-state index in [0.717, 1.165) is 30.7 Å². The molecule has 0 fully saturated rings. The highest BCUT2D eigenvalue weighted by Crippen LogP contribution is 2.23. The fraction of sp³-hybridized carbons (Fsp3) is 0.727. The van der Waals surface area contributed by atoms with Crippen molar-refractivity contribution in [2.24, 2.45) is 10.6 Å². The maximum Gasteiger partial charge on any atom is 0.130 e. The monoisotopic (exact) mass is 181 g/mol. The summed E-state index contributed by atoms with van der Waals surface area (Å²) in [4.78, 5) is 5.34. The van der Waals surface area contributed by atoms with Gasteiger partial charge in [0.2, 0.25) is 0 Å². The van der Waals surface area contributed by atoms with Crippen molar-refractivity contribution in [1.82, 2.24) is 0 Å². The van der Waals surface area contributed by atoms with Gasteiger partial charge in [-0.25, -0.2) is 0 Å². The number of oxime groups is 1. The van der Waals surface area contributed by atoms with Crippen molar-refractivity contribution in [3.8, 4) is 0 Å². The fourth-order valence-electron chi connectivity index (χ4n) is 1.29. The highest BCUT2D eigenvalue weighted by Gasteiger charge is 2.20. The Morgan fingerprint density at radius 3 is 2.69 bits per heavy atom. The Balaban J connectivity index is 2.69. The number of hydrogen-bond acceptors (Lipinski definition) is 2. The molecule has 0 N–H and O–H groups in total. The van der Waals surface area contributed by atoms with Gasteiger partial charge in [0.05, 0.1) is 5.71 Å². The summed E-state index contributed by atoms with van der Waals surface area (Å²) in [5.74, 6) is 0.999. The van der Waals surface area contributed by atoms with Crippen LogP contribution in [0.1, 0.15) is 47.0 Å². The maximum absolute atomic E-state index is 5.34. The molecule has 0 atom stereocenters. The minimum absolute atomic E-state index is 0.136. The van der Waals surface area contributed by atoms with Gasteiger partial charge in [-0.2, -0.15) is 0 Å². The Labute approximate surface area is 80.7 Å². The second kappa shape index (κ2) is 3.95. The van der Waals surface area contributed by atoms with Gasteiger partial charge in [0, 0.05) is 11.8 Å². The van der Waals surface area contributed by atoms with Crippen LogP contribution in [0.5, 0.6) is 0 Å². The van der Waals surface area contributed by atoms with Crippen LogP contribution in [0.2, 0.25) is 0 Å². The lowest BCUT2D eigenvalue weighted by Crippen LogP contribution is -2.19. The second-order valence-electron chi connectivity index (χ2n) is 4.44. The average molecular weight is 181 g/mol. The van der Waals surface area contributed by atoms with Gasteiger partial charge >= 0.3 is 0 Å². The van der Waals surface area contributed by atoms with Crippen molar-refractivity contribution in [3.63, 3.8) is 0 Å². The SMILES string of the molecule is CCC1=CCCC(C(C)(C)C)=NO1. The molecule has 74 valence electrons. The van der Waals surface area contributed by atoms with E-state index in [2.05, 4.69) is 38.9 Å². The Bertz CT molecular complexity index is 233. The van der Waals surface area contributed by atoms with Crippen molar-refractivity contribution < 1.29 is 4.84 Å². The van der Waals surface area contributed by atoms with E-state index in [4.69, 9.17) is 4.84 Å². The van der Waals surface area contributed by atoms with Crippen LogP contribution in [0.3, 0.4) is 0 Å². The van der Waals surface area contributed by atoms with Crippen LogP contribution >= 0.6 is 0 Å². The molecule has 1 rings (SSSR count). The number of allylic oxidation sites excluding steroid dienone is 2. The van der Waals surface area contributed by atoms with Gasteiger partial charge in [0.15, 0.2) is 0 Å². The summed E-state index contributed by atoms with van der Waals surface area (Å²) >= 11 is 0. The van der Waals surface area contributed by atoms with E-state index in [9.17, 15) is 0 Å². The van der Waals surface area contributed by atoms with Crippen molar-refractivity contribution in [2.75, 3.05) is 0 Å². The third-order valence-electron chi connectivity index (χ3n) is 2.24. The quantitative estimate of drug-likeness (QED) is 0.606. The lowest BCUT2D eigenvalue weighted by atomic mass is 9.87. The Morgan fingerprint density at radius 1 is 1.46 bits per heavy atom. The molecule has 0 bridgehead atoms. The number of hydrogen-bond donors (Lipinski definition) is 0. The van der Waals surface area contributed by atoms with Crippen LogP contribution in [0.15, 0.2) is 17.0 Å². The van der Waals surface area contributed by atoms with E-state index in [-0.39, 0.29) is 5.41 Å². The van der Waals surface area contributed by atoms with E-state index >= 15 is 0 Å². The normalized spacial score (nSPS) is 18.5. The lowest BCUT2D eigenvalue weighted by molar-refractivity contribution is 0.215. The molecule has 2 heteroatoms. The largest absolute Gasteiger partial charge is 0.362 e. The molecule has 0 aromatic rings. The number of rotatable bonds is 1. The zero-order valence-electron chi connectivity index (χ0n) is 9.05. The molecule has 1 aliphatic rings. The molecule has 0 unspecified atom stereocenters. The molecule has 0 aromatic carbocycles. The molecule has 0 radical (unpaired) electrons. The van der Waals surface area contributed by atoms with Crippen LogP contribution < -0.4 is 0 Å². The van der Waals surface area contributed by atoms with Crippen molar-refractivity contribution in [2.45, 2.75) is 47.0 Å². The summed E-state index contributed by atoms with van der Waals surface area (Å²) in [5, 5.41) is 4.20. The zero-order valence-corrected chi connectivity index (χ0v) is 9.05. The molecule has 1 heterocycles. The summed E-state index contributed by atoms with van der Waals surface area (Å²) in [7, 11) is 0. The Hall–Kier alpha value is -0.790. The first-order valence-corrected chi connectivity index (χ1v) is 4.97. The van der Waals surface area contributed by atoms with Crippen LogP contribution in [0, 0.1) is 5.41 Å². The van der Waals surface area contributed by atoms with Crippen LogP contribution in [-0.4, -0.2) is 5.71 Å². The van der Waals surface area contributed by atoms with Crippen molar-refractivity contribution in [3.05, 3.63) is 11.8 Å². The van der Waals surface area contributed by atoms with Crippen LogP contribution in [0.4, 0.5) is 0 Å². The minimum Gasteiger partial charge on any atom is -0.362 e. The summed E-state index contributed by atoms with van der Waals surface area (Å²) in [6, 6.07) is 0. The molecule has 0 amide bonds. The summed E-state index contributed by atoms with van der Waals surface area (Å²) in [6.07, 6.45) is 5.15. The molecule has 0 saturated heterocycles. The molecule has 13 heavy (non-hydrogen) atoms. The van der Waals surface area contributed by atoms with Crippen molar-refractivity contribution in [1.29, 1.82) is 0 Å². The minimum atomic E-state index is 0.136. The molecular weight excluding hydrogens is 162 g/mol. The standard InChI is InChI=1S/C11H19NO/c1-5-9-7-6-8-10(12-13-9)11(2,3)4/h7H,5-6,8H2,1-4H3. The third kappa shape index (κ3) is 2.87. The molecule has 0 saturated carbocycles. The van der Waals surface area contributed by atoms with Gasteiger partial charge in [-0.1, -0.05) is 32.9 Å². The van der Waals surface area contributed by atoms with Gasteiger partial charge in [-0.15, -0.1) is 0 Å². The third-order valence-corrected chi connectivity index (χ3v) is 2.24. The lowest BCUT2D eigenvalue weighted by Gasteiger charge is -2.19. The molecule has 0 spiro atoms. The van der Waals surface area contributed by atoms with E-state index < -0.39 is 0 Å². The van der Waals surface area contributed by atoms with Gasteiger partial charge in [0.1, 0.15) is 5.76 Å². The molecule has 2 nitrogen and oxygen atoms in total. The summed E-state index contributed by atoms with van der Waals surface area (Å²) in [6.45, 7) is 8.60. The molecule has 0 aliphatic carbocycles. The Kier molecular flexibility index (Phi) is 3.12. The van der Waals surface area contributed by atoms with Gasteiger partial charge in [-0.05, 0) is 18.9 Å². The maximum atomic E-state index is 5.34. The summed E-state index contributed by atoms with van der Waals surface area (Å²) < 4.78 is 0. The first-order valence-electron chi connectivity index (χ1n) is 4.97. The topological polar surface area (TPSA) is 21.6 Å². The first kappa shape index (κ1) is 10.3. The Morgan fingerprint density at radius 2 is 2.15 bits per heavy atom. The predicted molar refractivity (Wildman–Crippen MR) is 55.6 cm³/mol. The van der Waals surface area contributed by atoms with Crippen molar-refractivity contribution >= 4 is 5.71 Å². The van der Waals surface area contributed by atoms with Crippen LogP contribution in [-0.2, 0) is 4.84 Å². The van der Waals surface area contributed by atoms with E-state index in [1.54, 1.807) is 0 Å². The van der Waals surface area contributed by atoms with E-state index in [1.807, 2.05) is 0 Å². The highest BCUT2D eigenvalue weighted by atomic mass is 16.6. The smallest absolute Gasteiger partial charge is 0.130 e. The molecule has 0 aromatic heterocycles. The highest BCUT2D eigenvalue weighted by molar-refractivity contribution is 5.89. The van der Waals surface area contributed by atoms with E-state index in [0.29, 0.717) is 0 Å². The molecular formula is C11H19NO. The second-order valence-corrected chi connectivity index (χ2v) is 4.44. The van der Waals surface area contributed by atoms with Gasteiger partial charge in [-0.3, -0.25) is 0 Å². The van der Waals surface area contributed by atoms with Crippen LogP contribution in [0.25, 0.3) is 0 Å². The zero-order chi connectivity index (χ0) is 9.90. The predicted octanol–water partition coefficient (Wildman–Crippen LogP) is 3.49. The first-order chi connectivity index (χ1) is 6.04. The molecule has 1 aliphatic heterocycles. The van der Waals surface area contributed by atoms with E-state index in [1.165, 1.54) is 0 Å². The van der Waals surface area contributed by atoms with Gasteiger partial charge in [0.25, 0.3) is 0 Å².